The van der Waals surface area contributed by atoms with E-state index in [0.717, 1.165) is 45.8 Å². The van der Waals surface area contributed by atoms with Crippen LogP contribution in [0, 0.1) is 0 Å². The van der Waals surface area contributed by atoms with Crippen molar-refractivity contribution in [2.75, 3.05) is 11.4 Å². The maximum absolute atomic E-state index is 11.0. The summed E-state index contributed by atoms with van der Waals surface area (Å²) in [4.78, 5) is 17.9. The lowest BCUT2D eigenvalue weighted by Gasteiger charge is -2.31. The number of fused-ring (bicyclic) bond motifs is 2. The number of benzene rings is 2. The fourth-order valence-electron chi connectivity index (χ4n) is 3.17. The van der Waals surface area contributed by atoms with Gasteiger partial charge in [-0.3, -0.25) is 4.98 Å². The highest BCUT2D eigenvalue weighted by Crippen LogP contribution is 2.33. The summed E-state index contributed by atoms with van der Waals surface area (Å²) in [5.41, 5.74) is 4.33. The molecule has 0 unspecified atom stereocenters. The maximum atomic E-state index is 11.0. The molecule has 1 aromatic heterocycles. The second-order valence-corrected chi connectivity index (χ2v) is 6.27. The van der Waals surface area contributed by atoms with E-state index in [4.69, 9.17) is 21.7 Å². The molecule has 120 valence electrons. The number of aromatic carboxylic acids is 1. The van der Waals surface area contributed by atoms with E-state index in [1.54, 1.807) is 12.1 Å². The van der Waals surface area contributed by atoms with Crippen LogP contribution >= 0.6 is 11.6 Å². The number of para-hydroxylation sites is 1. The molecule has 1 aliphatic rings. The van der Waals surface area contributed by atoms with Gasteiger partial charge in [-0.25, -0.2) is 4.79 Å². The Morgan fingerprint density at radius 1 is 1.12 bits per heavy atom. The molecule has 0 radical (unpaired) electrons. The van der Waals surface area contributed by atoms with Crippen molar-refractivity contribution >= 4 is 34.2 Å². The summed E-state index contributed by atoms with van der Waals surface area (Å²) in [5.74, 6) is -0.913. The Kier molecular flexibility index (Phi) is 3.62. The predicted molar refractivity (Wildman–Crippen MR) is 94.9 cm³/mol. The molecule has 24 heavy (non-hydrogen) atoms. The lowest BCUT2D eigenvalue weighted by atomic mass is 10.0. The molecule has 1 aliphatic heterocycles. The third-order valence-electron chi connectivity index (χ3n) is 4.46. The maximum Gasteiger partial charge on any atom is 0.335 e. The fraction of sp³-hybridized carbons (Fsp3) is 0.158. The molecular formula is C19H15ClN2O2. The van der Waals surface area contributed by atoms with Gasteiger partial charge in [-0.15, -0.1) is 0 Å². The van der Waals surface area contributed by atoms with Gasteiger partial charge in [0.05, 0.1) is 16.1 Å². The van der Waals surface area contributed by atoms with Crippen LogP contribution in [0.3, 0.4) is 0 Å². The third kappa shape index (κ3) is 2.49. The molecule has 0 saturated carbocycles. The number of carboxylic acid groups (broad SMARTS) is 1. The van der Waals surface area contributed by atoms with Crippen LogP contribution in [-0.2, 0) is 13.0 Å². The van der Waals surface area contributed by atoms with Gasteiger partial charge in [0.25, 0.3) is 0 Å². The molecule has 3 aromatic rings. The molecule has 2 aromatic carbocycles. The monoisotopic (exact) mass is 338 g/mol. The summed E-state index contributed by atoms with van der Waals surface area (Å²) in [6, 6.07) is 14.9. The number of halogens is 1. The van der Waals surface area contributed by atoms with Gasteiger partial charge in [0.15, 0.2) is 0 Å². The number of nitrogens with zero attached hydrogens (tertiary/aromatic N) is 2. The molecule has 1 N–H and O–H groups in total. The Morgan fingerprint density at radius 2 is 1.88 bits per heavy atom. The van der Waals surface area contributed by atoms with Crippen molar-refractivity contribution in [1.82, 2.24) is 4.98 Å². The topological polar surface area (TPSA) is 53.4 Å². The summed E-state index contributed by atoms with van der Waals surface area (Å²) in [6.45, 7) is 1.51. The molecule has 0 atom stereocenters. The summed E-state index contributed by atoms with van der Waals surface area (Å²) in [5, 5.41) is 10.8. The zero-order valence-corrected chi connectivity index (χ0v) is 13.6. The molecule has 0 bridgehead atoms. The number of rotatable bonds is 2. The van der Waals surface area contributed by atoms with Crippen LogP contribution in [0.2, 0.25) is 5.02 Å². The van der Waals surface area contributed by atoms with Crippen LogP contribution in [0.4, 0.5) is 5.69 Å². The number of carboxylic acids is 1. The van der Waals surface area contributed by atoms with E-state index in [1.165, 1.54) is 0 Å². The Balaban J connectivity index is 1.70. The first kappa shape index (κ1) is 15.0. The smallest absolute Gasteiger partial charge is 0.335 e. The largest absolute Gasteiger partial charge is 0.478 e. The lowest BCUT2D eigenvalue weighted by Crippen LogP contribution is -2.31. The first-order valence-corrected chi connectivity index (χ1v) is 8.15. The summed E-state index contributed by atoms with van der Waals surface area (Å²) < 4.78 is 0. The first-order chi connectivity index (χ1) is 11.6. The third-order valence-corrected chi connectivity index (χ3v) is 4.89. The van der Waals surface area contributed by atoms with Crippen LogP contribution < -0.4 is 4.90 Å². The Bertz CT molecular complexity index is 938. The number of hydrogen-bond acceptors (Lipinski definition) is 3. The van der Waals surface area contributed by atoms with Gasteiger partial charge in [-0.1, -0.05) is 29.8 Å². The Morgan fingerprint density at radius 3 is 2.62 bits per heavy atom. The minimum absolute atomic E-state index is 0.293. The molecule has 0 spiro atoms. The van der Waals surface area contributed by atoms with Gasteiger partial charge in [0, 0.05) is 41.8 Å². The average molecular weight is 339 g/mol. The Labute approximate surface area is 144 Å². The van der Waals surface area contributed by atoms with E-state index < -0.39 is 5.97 Å². The van der Waals surface area contributed by atoms with Gasteiger partial charge < -0.3 is 10.0 Å². The number of aromatic nitrogens is 1. The fourth-order valence-corrected chi connectivity index (χ4v) is 3.50. The van der Waals surface area contributed by atoms with E-state index in [2.05, 4.69) is 4.90 Å². The van der Waals surface area contributed by atoms with Gasteiger partial charge in [0.2, 0.25) is 0 Å². The molecule has 2 heterocycles. The van der Waals surface area contributed by atoms with E-state index in [-0.39, 0.29) is 0 Å². The summed E-state index contributed by atoms with van der Waals surface area (Å²) >= 11 is 6.63. The molecule has 5 heteroatoms. The van der Waals surface area contributed by atoms with E-state index in [1.807, 2.05) is 36.4 Å². The van der Waals surface area contributed by atoms with Crippen LogP contribution in [0.25, 0.3) is 10.9 Å². The van der Waals surface area contributed by atoms with Gasteiger partial charge >= 0.3 is 5.97 Å². The predicted octanol–water partition coefficient (Wildman–Crippen LogP) is 4.15. The second kappa shape index (κ2) is 5.80. The molecular weight excluding hydrogens is 324 g/mol. The molecule has 0 amide bonds. The van der Waals surface area contributed by atoms with Crippen molar-refractivity contribution in [2.45, 2.75) is 13.0 Å². The van der Waals surface area contributed by atoms with Crippen molar-refractivity contribution in [1.29, 1.82) is 0 Å². The quantitative estimate of drug-likeness (QED) is 0.762. The highest BCUT2D eigenvalue weighted by Gasteiger charge is 2.22. The normalized spacial score (nSPS) is 13.8. The number of carbonyl (C=O) groups is 1. The van der Waals surface area contributed by atoms with Gasteiger partial charge in [0.1, 0.15) is 0 Å². The minimum Gasteiger partial charge on any atom is -0.478 e. The zero-order chi connectivity index (χ0) is 16.7. The molecule has 0 fully saturated rings. The van der Waals surface area contributed by atoms with E-state index >= 15 is 0 Å². The van der Waals surface area contributed by atoms with E-state index in [9.17, 15) is 4.79 Å². The van der Waals surface area contributed by atoms with Gasteiger partial charge in [-0.05, 0) is 30.3 Å². The van der Waals surface area contributed by atoms with Crippen molar-refractivity contribution in [3.05, 3.63) is 70.4 Å². The highest BCUT2D eigenvalue weighted by molar-refractivity contribution is 6.36. The number of pyridine rings is 1. The minimum atomic E-state index is -0.913. The molecule has 4 rings (SSSR count). The molecule has 0 saturated heterocycles. The lowest BCUT2D eigenvalue weighted by molar-refractivity contribution is 0.0697. The zero-order valence-electron chi connectivity index (χ0n) is 12.9. The van der Waals surface area contributed by atoms with Crippen LogP contribution in [0.1, 0.15) is 21.6 Å². The number of hydrogen-bond donors (Lipinski definition) is 1. The summed E-state index contributed by atoms with van der Waals surface area (Å²) in [7, 11) is 0. The molecule has 0 aliphatic carbocycles. The second-order valence-electron chi connectivity index (χ2n) is 5.89. The average Bonchev–Trinajstić information content (AvgIpc) is 2.62. The number of anilines is 1. The Hall–Kier alpha value is -2.59. The van der Waals surface area contributed by atoms with Crippen molar-refractivity contribution in [3.8, 4) is 0 Å². The van der Waals surface area contributed by atoms with Crippen LogP contribution in [0.5, 0.6) is 0 Å². The van der Waals surface area contributed by atoms with Crippen LogP contribution in [0.15, 0.2) is 48.5 Å². The van der Waals surface area contributed by atoms with E-state index in [0.29, 0.717) is 12.1 Å². The van der Waals surface area contributed by atoms with Gasteiger partial charge in [-0.2, -0.15) is 0 Å². The van der Waals surface area contributed by atoms with Crippen molar-refractivity contribution < 1.29 is 9.90 Å². The standard InChI is InChI=1S/C19H15ClN2O2/c20-18-14-3-1-2-4-16(14)21-17-9-10-22(11-15(17)18)13-7-5-12(6-8-13)19(23)24/h1-8H,9-11H2,(H,23,24). The highest BCUT2D eigenvalue weighted by atomic mass is 35.5. The SMILES string of the molecule is O=C(O)c1ccc(N2CCc3nc4ccccc4c(Cl)c3C2)cc1. The molecule has 4 nitrogen and oxygen atoms in total. The first-order valence-electron chi connectivity index (χ1n) is 7.78. The summed E-state index contributed by atoms with van der Waals surface area (Å²) in [6.07, 6.45) is 0.820. The van der Waals surface area contributed by atoms with Crippen LogP contribution in [-0.4, -0.2) is 22.6 Å². The van der Waals surface area contributed by atoms with Crippen molar-refractivity contribution in [3.63, 3.8) is 0 Å². The van der Waals surface area contributed by atoms with Crippen molar-refractivity contribution in [2.24, 2.45) is 0 Å².